The molecular formula is C24H29N7O. The average molecular weight is 432 g/mol. The van der Waals surface area contributed by atoms with Gasteiger partial charge in [-0.2, -0.15) is 5.10 Å². The van der Waals surface area contributed by atoms with Crippen LogP contribution < -0.4 is 5.32 Å². The molecule has 1 aliphatic heterocycles. The van der Waals surface area contributed by atoms with Crippen LogP contribution in [0.3, 0.4) is 0 Å². The standard InChI is InChI=1S/C24H29N7O/c1-16(2)18-10-24(31-28-15-18)30-23-4-3-21-22(29-23)9-19(14-27-21)20(11-25)13-26-12-17-5-7-32-8-6-17/h3-4,9-11,13-17,20,25H,5-8,12H2,1-2H3,(H,29,30,31). The number of rotatable bonds is 8. The van der Waals surface area contributed by atoms with Crippen LogP contribution in [0.25, 0.3) is 11.0 Å². The first-order chi connectivity index (χ1) is 15.6. The Balaban J connectivity index is 1.50. The van der Waals surface area contributed by atoms with Crippen molar-refractivity contribution in [1.82, 2.24) is 20.2 Å². The third-order valence-corrected chi connectivity index (χ3v) is 5.69. The Bertz CT molecular complexity index is 1090. The van der Waals surface area contributed by atoms with Gasteiger partial charge in [0.15, 0.2) is 5.82 Å². The summed E-state index contributed by atoms with van der Waals surface area (Å²) < 4.78 is 5.41. The van der Waals surface area contributed by atoms with Gasteiger partial charge in [-0.3, -0.25) is 9.98 Å². The van der Waals surface area contributed by atoms with Crippen LogP contribution in [-0.4, -0.2) is 52.4 Å². The van der Waals surface area contributed by atoms with E-state index in [-0.39, 0.29) is 5.92 Å². The molecular weight excluding hydrogens is 402 g/mol. The van der Waals surface area contributed by atoms with Gasteiger partial charge in [-0.05, 0) is 60.1 Å². The lowest BCUT2D eigenvalue weighted by Crippen LogP contribution is -2.18. The highest BCUT2D eigenvalue weighted by molar-refractivity contribution is 5.90. The lowest BCUT2D eigenvalue weighted by molar-refractivity contribution is 0.0690. The second-order valence-electron chi connectivity index (χ2n) is 8.42. The number of fused-ring (bicyclic) bond motifs is 1. The largest absolute Gasteiger partial charge is 0.381 e. The fraction of sp³-hybridized carbons (Fsp3) is 0.417. The highest BCUT2D eigenvalue weighted by Gasteiger charge is 2.14. The lowest BCUT2D eigenvalue weighted by atomic mass is 10.00. The van der Waals surface area contributed by atoms with Crippen LogP contribution in [0.1, 0.15) is 49.7 Å². The Morgan fingerprint density at radius 3 is 2.75 bits per heavy atom. The molecule has 3 aromatic heterocycles. The highest BCUT2D eigenvalue weighted by Crippen LogP contribution is 2.22. The van der Waals surface area contributed by atoms with Gasteiger partial charge in [0.1, 0.15) is 5.82 Å². The Kier molecular flexibility index (Phi) is 7.11. The van der Waals surface area contributed by atoms with Gasteiger partial charge in [0.25, 0.3) is 0 Å². The topological polar surface area (TPSA) is 109 Å². The minimum atomic E-state index is -0.223. The molecule has 166 valence electrons. The van der Waals surface area contributed by atoms with E-state index >= 15 is 0 Å². The monoisotopic (exact) mass is 431 g/mol. The Labute approximate surface area is 188 Å². The Morgan fingerprint density at radius 2 is 1.97 bits per heavy atom. The van der Waals surface area contributed by atoms with Gasteiger partial charge < -0.3 is 15.5 Å². The summed E-state index contributed by atoms with van der Waals surface area (Å²) in [7, 11) is 0. The van der Waals surface area contributed by atoms with E-state index in [0.717, 1.165) is 54.8 Å². The summed E-state index contributed by atoms with van der Waals surface area (Å²) in [6.45, 7) is 6.65. The van der Waals surface area contributed by atoms with Crippen molar-refractivity contribution in [2.24, 2.45) is 10.9 Å². The van der Waals surface area contributed by atoms with Crippen molar-refractivity contribution >= 4 is 35.1 Å². The molecule has 8 heteroatoms. The molecule has 32 heavy (non-hydrogen) atoms. The van der Waals surface area contributed by atoms with E-state index in [1.54, 1.807) is 12.4 Å². The predicted octanol–water partition coefficient (Wildman–Crippen LogP) is 4.52. The molecule has 0 spiro atoms. The van der Waals surface area contributed by atoms with E-state index in [4.69, 9.17) is 15.1 Å². The van der Waals surface area contributed by atoms with Crippen LogP contribution in [-0.2, 0) is 4.74 Å². The second kappa shape index (κ2) is 10.4. The van der Waals surface area contributed by atoms with Gasteiger partial charge in [0, 0.05) is 38.4 Å². The number of pyridine rings is 2. The van der Waals surface area contributed by atoms with Crippen molar-refractivity contribution in [2.75, 3.05) is 25.1 Å². The average Bonchev–Trinajstić information content (AvgIpc) is 2.82. The fourth-order valence-corrected chi connectivity index (χ4v) is 3.64. The number of nitrogens with one attached hydrogen (secondary N) is 2. The lowest BCUT2D eigenvalue weighted by Gasteiger charge is -2.20. The zero-order valence-corrected chi connectivity index (χ0v) is 18.5. The first kappa shape index (κ1) is 22.0. The van der Waals surface area contributed by atoms with E-state index in [1.807, 2.05) is 30.5 Å². The summed E-state index contributed by atoms with van der Waals surface area (Å²) >= 11 is 0. The number of hydrogen-bond acceptors (Lipinski definition) is 8. The quantitative estimate of drug-likeness (QED) is 0.508. The molecule has 1 atom stereocenters. The highest BCUT2D eigenvalue weighted by atomic mass is 16.5. The van der Waals surface area contributed by atoms with Crippen LogP contribution in [0.5, 0.6) is 0 Å². The second-order valence-corrected chi connectivity index (χ2v) is 8.42. The third-order valence-electron chi connectivity index (χ3n) is 5.69. The van der Waals surface area contributed by atoms with Gasteiger partial charge in [0.2, 0.25) is 0 Å². The molecule has 4 rings (SSSR count). The van der Waals surface area contributed by atoms with Crippen LogP contribution >= 0.6 is 0 Å². The van der Waals surface area contributed by atoms with Crippen molar-refractivity contribution in [3.63, 3.8) is 0 Å². The number of aliphatic imine (C=N–C) groups is 1. The van der Waals surface area contributed by atoms with Gasteiger partial charge in [-0.25, -0.2) is 4.98 Å². The first-order valence-electron chi connectivity index (χ1n) is 11.1. The van der Waals surface area contributed by atoms with E-state index < -0.39 is 0 Å². The maximum atomic E-state index is 7.86. The molecule has 8 nitrogen and oxygen atoms in total. The van der Waals surface area contributed by atoms with Crippen molar-refractivity contribution < 1.29 is 4.74 Å². The Hall–Kier alpha value is -3.26. The van der Waals surface area contributed by atoms with Crippen molar-refractivity contribution in [2.45, 2.75) is 38.5 Å². The van der Waals surface area contributed by atoms with Crippen LogP contribution in [0.4, 0.5) is 11.6 Å². The van der Waals surface area contributed by atoms with Crippen molar-refractivity contribution in [1.29, 1.82) is 5.41 Å². The molecule has 1 unspecified atom stereocenters. The number of aromatic nitrogens is 4. The summed E-state index contributed by atoms with van der Waals surface area (Å²) in [4.78, 5) is 13.8. The summed E-state index contributed by atoms with van der Waals surface area (Å²) in [5, 5.41) is 19.3. The summed E-state index contributed by atoms with van der Waals surface area (Å²) in [5.41, 5.74) is 3.56. The third kappa shape index (κ3) is 5.50. The summed E-state index contributed by atoms with van der Waals surface area (Å²) in [5.74, 6) is 2.04. The summed E-state index contributed by atoms with van der Waals surface area (Å²) in [6.07, 6.45) is 8.92. The van der Waals surface area contributed by atoms with E-state index in [1.165, 1.54) is 6.21 Å². The molecule has 1 saturated heterocycles. The summed E-state index contributed by atoms with van der Waals surface area (Å²) in [6, 6.07) is 7.76. The molecule has 1 fully saturated rings. The van der Waals surface area contributed by atoms with Crippen molar-refractivity contribution in [3.8, 4) is 0 Å². The maximum absolute atomic E-state index is 7.86. The zero-order valence-electron chi connectivity index (χ0n) is 18.5. The SMILES string of the molecule is CC(C)c1cnnc(Nc2ccc3ncc(C(C=N)C=NCC4CCOCC4)cc3n2)c1. The van der Waals surface area contributed by atoms with Crippen molar-refractivity contribution in [3.05, 3.63) is 47.8 Å². The molecule has 3 aromatic rings. The molecule has 0 saturated carbocycles. The molecule has 0 aliphatic carbocycles. The van der Waals surface area contributed by atoms with Gasteiger partial charge >= 0.3 is 0 Å². The maximum Gasteiger partial charge on any atom is 0.154 e. The number of ether oxygens (including phenoxy) is 1. The molecule has 0 amide bonds. The molecule has 1 aliphatic rings. The van der Waals surface area contributed by atoms with E-state index in [9.17, 15) is 0 Å². The van der Waals surface area contributed by atoms with Crippen LogP contribution in [0, 0.1) is 11.3 Å². The zero-order chi connectivity index (χ0) is 22.3. The van der Waals surface area contributed by atoms with E-state index in [2.05, 4.69) is 39.3 Å². The fourth-order valence-electron chi connectivity index (χ4n) is 3.64. The molecule has 0 aromatic carbocycles. The Morgan fingerprint density at radius 1 is 1.12 bits per heavy atom. The molecule has 2 N–H and O–H groups in total. The normalized spacial score (nSPS) is 16.0. The van der Waals surface area contributed by atoms with Crippen LogP contribution in [0.2, 0.25) is 0 Å². The van der Waals surface area contributed by atoms with E-state index in [0.29, 0.717) is 23.5 Å². The molecule has 0 bridgehead atoms. The van der Waals surface area contributed by atoms with Crippen LogP contribution in [0.15, 0.2) is 41.7 Å². The molecule has 0 radical (unpaired) electrons. The van der Waals surface area contributed by atoms with Gasteiger partial charge in [0.05, 0.1) is 23.1 Å². The first-order valence-corrected chi connectivity index (χ1v) is 11.1. The molecule has 4 heterocycles. The number of nitrogens with zero attached hydrogens (tertiary/aromatic N) is 5. The minimum Gasteiger partial charge on any atom is -0.381 e. The number of anilines is 2. The number of hydrogen-bond donors (Lipinski definition) is 2. The minimum absolute atomic E-state index is 0.223. The van der Waals surface area contributed by atoms with Gasteiger partial charge in [-0.15, -0.1) is 5.10 Å². The van der Waals surface area contributed by atoms with Gasteiger partial charge in [-0.1, -0.05) is 13.8 Å². The smallest absolute Gasteiger partial charge is 0.154 e. The predicted molar refractivity (Wildman–Crippen MR) is 127 cm³/mol.